The number of rotatable bonds is 7. The number of nitrogens with one attached hydrogen (secondary N) is 1. The third-order valence-corrected chi connectivity index (χ3v) is 4.37. The number of fused-ring (bicyclic) bond motifs is 1. The molecule has 0 radical (unpaired) electrons. The lowest BCUT2D eigenvalue weighted by molar-refractivity contribution is 0.339. The monoisotopic (exact) mass is 295 g/mol. The summed E-state index contributed by atoms with van der Waals surface area (Å²) >= 11 is 6.24. The van der Waals surface area contributed by atoms with Gasteiger partial charge in [0.15, 0.2) is 0 Å². The molecular formula is C17H26ClNO. The molecule has 1 aliphatic rings. The van der Waals surface area contributed by atoms with E-state index >= 15 is 0 Å². The van der Waals surface area contributed by atoms with E-state index in [0.29, 0.717) is 12.0 Å². The molecular weight excluding hydrogens is 270 g/mol. The SMILES string of the molecule is CCCNC(CC)C(C)Cc1cc(Cl)cc2c1OCC2. The van der Waals surface area contributed by atoms with Gasteiger partial charge in [-0.25, -0.2) is 0 Å². The summed E-state index contributed by atoms with van der Waals surface area (Å²) in [7, 11) is 0. The fourth-order valence-electron chi connectivity index (χ4n) is 3.06. The molecule has 2 nitrogen and oxygen atoms in total. The minimum Gasteiger partial charge on any atom is -0.493 e. The smallest absolute Gasteiger partial charge is 0.125 e. The molecule has 3 heteroatoms. The number of ether oxygens (including phenoxy) is 1. The minimum absolute atomic E-state index is 0.561. The zero-order valence-electron chi connectivity index (χ0n) is 12.8. The fraction of sp³-hybridized carbons (Fsp3) is 0.647. The molecule has 0 fully saturated rings. The van der Waals surface area contributed by atoms with Crippen molar-refractivity contribution >= 4 is 11.6 Å². The molecule has 1 aromatic rings. The maximum absolute atomic E-state index is 6.24. The van der Waals surface area contributed by atoms with Crippen molar-refractivity contribution in [2.45, 2.75) is 52.5 Å². The predicted molar refractivity (Wildman–Crippen MR) is 85.9 cm³/mol. The molecule has 0 spiro atoms. The second kappa shape index (κ2) is 7.33. The van der Waals surface area contributed by atoms with Gasteiger partial charge in [0.05, 0.1) is 6.61 Å². The lowest BCUT2D eigenvalue weighted by Crippen LogP contribution is -2.35. The Morgan fingerprint density at radius 3 is 2.85 bits per heavy atom. The van der Waals surface area contributed by atoms with Gasteiger partial charge in [-0.1, -0.05) is 32.4 Å². The lowest BCUT2D eigenvalue weighted by atomic mass is 9.91. The molecule has 0 bridgehead atoms. The summed E-state index contributed by atoms with van der Waals surface area (Å²) in [6.07, 6.45) is 4.35. The van der Waals surface area contributed by atoms with Gasteiger partial charge in [-0.15, -0.1) is 0 Å². The third-order valence-electron chi connectivity index (χ3n) is 4.15. The minimum atomic E-state index is 0.561. The van der Waals surface area contributed by atoms with E-state index in [4.69, 9.17) is 16.3 Å². The van der Waals surface area contributed by atoms with E-state index < -0.39 is 0 Å². The van der Waals surface area contributed by atoms with Crippen LogP contribution >= 0.6 is 11.6 Å². The van der Waals surface area contributed by atoms with Gasteiger partial charge in [0.1, 0.15) is 5.75 Å². The summed E-state index contributed by atoms with van der Waals surface area (Å²) in [4.78, 5) is 0. The van der Waals surface area contributed by atoms with Gasteiger partial charge in [-0.3, -0.25) is 0 Å². The van der Waals surface area contributed by atoms with E-state index in [1.165, 1.54) is 17.5 Å². The van der Waals surface area contributed by atoms with Crippen LogP contribution in [-0.2, 0) is 12.8 Å². The zero-order valence-corrected chi connectivity index (χ0v) is 13.6. The van der Waals surface area contributed by atoms with Gasteiger partial charge in [0, 0.05) is 17.5 Å². The molecule has 1 aliphatic heterocycles. The molecule has 2 rings (SSSR count). The molecule has 20 heavy (non-hydrogen) atoms. The molecule has 1 aromatic carbocycles. The average Bonchev–Trinajstić information content (AvgIpc) is 2.87. The summed E-state index contributed by atoms with van der Waals surface area (Å²) in [5, 5.41) is 4.49. The molecule has 2 unspecified atom stereocenters. The van der Waals surface area contributed by atoms with E-state index in [0.717, 1.165) is 43.2 Å². The van der Waals surface area contributed by atoms with Crippen LogP contribution in [0.15, 0.2) is 12.1 Å². The maximum atomic E-state index is 6.24. The third kappa shape index (κ3) is 3.67. The Morgan fingerprint density at radius 2 is 2.15 bits per heavy atom. The maximum Gasteiger partial charge on any atom is 0.125 e. The Labute approximate surface area is 127 Å². The number of hydrogen-bond donors (Lipinski definition) is 1. The molecule has 1 N–H and O–H groups in total. The Hall–Kier alpha value is -0.730. The molecule has 2 atom stereocenters. The van der Waals surface area contributed by atoms with Crippen molar-refractivity contribution in [2.75, 3.05) is 13.2 Å². The second-order valence-corrected chi connectivity index (χ2v) is 6.24. The summed E-state index contributed by atoms with van der Waals surface area (Å²) in [5.41, 5.74) is 2.54. The van der Waals surface area contributed by atoms with E-state index in [1.54, 1.807) is 0 Å². The van der Waals surface area contributed by atoms with Crippen molar-refractivity contribution in [1.29, 1.82) is 0 Å². The standard InChI is InChI=1S/C17H26ClNO/c1-4-7-19-16(5-2)12(3)9-14-11-15(18)10-13-6-8-20-17(13)14/h10-12,16,19H,4-9H2,1-3H3. The van der Waals surface area contributed by atoms with Crippen LogP contribution in [0.4, 0.5) is 0 Å². The van der Waals surface area contributed by atoms with E-state index in [9.17, 15) is 0 Å². The lowest BCUT2D eigenvalue weighted by Gasteiger charge is -2.24. The highest BCUT2D eigenvalue weighted by Gasteiger charge is 2.21. The summed E-state index contributed by atoms with van der Waals surface area (Å²) in [6, 6.07) is 4.69. The van der Waals surface area contributed by atoms with Crippen LogP contribution in [0.2, 0.25) is 5.02 Å². The van der Waals surface area contributed by atoms with Crippen molar-refractivity contribution in [3.05, 3.63) is 28.3 Å². The summed E-state index contributed by atoms with van der Waals surface area (Å²) in [6.45, 7) is 8.67. The highest BCUT2D eigenvalue weighted by Crippen LogP contribution is 2.34. The quantitative estimate of drug-likeness (QED) is 0.813. The van der Waals surface area contributed by atoms with Crippen molar-refractivity contribution in [3.63, 3.8) is 0 Å². The number of benzene rings is 1. The zero-order chi connectivity index (χ0) is 14.5. The predicted octanol–water partition coefficient (Wildman–Crippen LogP) is 4.23. The van der Waals surface area contributed by atoms with Gasteiger partial charge in [-0.2, -0.15) is 0 Å². The van der Waals surface area contributed by atoms with E-state index in [1.807, 2.05) is 6.07 Å². The highest BCUT2D eigenvalue weighted by molar-refractivity contribution is 6.30. The van der Waals surface area contributed by atoms with Crippen LogP contribution in [0.3, 0.4) is 0 Å². The van der Waals surface area contributed by atoms with E-state index in [-0.39, 0.29) is 0 Å². The molecule has 0 aromatic heterocycles. The van der Waals surface area contributed by atoms with Crippen molar-refractivity contribution in [1.82, 2.24) is 5.32 Å². The van der Waals surface area contributed by atoms with Crippen molar-refractivity contribution in [2.24, 2.45) is 5.92 Å². The first-order valence-corrected chi connectivity index (χ1v) is 8.21. The van der Waals surface area contributed by atoms with Crippen LogP contribution in [0.5, 0.6) is 5.75 Å². The Morgan fingerprint density at radius 1 is 1.35 bits per heavy atom. The summed E-state index contributed by atoms with van der Waals surface area (Å²) in [5.74, 6) is 1.67. The van der Waals surface area contributed by atoms with Gasteiger partial charge in [0.2, 0.25) is 0 Å². The first-order chi connectivity index (χ1) is 9.65. The van der Waals surface area contributed by atoms with Crippen molar-refractivity contribution in [3.8, 4) is 5.75 Å². The van der Waals surface area contributed by atoms with Gasteiger partial charge in [0.25, 0.3) is 0 Å². The number of halogens is 1. The molecule has 0 amide bonds. The normalized spacial score (nSPS) is 16.6. The van der Waals surface area contributed by atoms with Crippen LogP contribution in [0.1, 0.15) is 44.7 Å². The first kappa shape index (κ1) is 15.7. The van der Waals surface area contributed by atoms with Crippen LogP contribution < -0.4 is 10.1 Å². The van der Waals surface area contributed by atoms with Crippen LogP contribution in [-0.4, -0.2) is 19.2 Å². The molecule has 0 aliphatic carbocycles. The Balaban J connectivity index is 2.09. The Bertz CT molecular complexity index is 447. The first-order valence-electron chi connectivity index (χ1n) is 7.83. The van der Waals surface area contributed by atoms with E-state index in [2.05, 4.69) is 32.2 Å². The summed E-state index contributed by atoms with van der Waals surface area (Å²) < 4.78 is 5.80. The molecule has 0 saturated heterocycles. The number of hydrogen-bond acceptors (Lipinski definition) is 2. The Kier molecular flexibility index (Phi) is 5.74. The largest absolute Gasteiger partial charge is 0.493 e. The van der Waals surface area contributed by atoms with Crippen molar-refractivity contribution < 1.29 is 4.74 Å². The van der Waals surface area contributed by atoms with Crippen LogP contribution in [0.25, 0.3) is 0 Å². The molecule has 0 saturated carbocycles. The fourth-order valence-corrected chi connectivity index (χ4v) is 3.33. The molecule has 112 valence electrons. The second-order valence-electron chi connectivity index (χ2n) is 5.80. The molecule has 1 heterocycles. The van der Waals surface area contributed by atoms with Gasteiger partial charge < -0.3 is 10.1 Å². The highest BCUT2D eigenvalue weighted by atomic mass is 35.5. The topological polar surface area (TPSA) is 21.3 Å². The van der Waals surface area contributed by atoms with Gasteiger partial charge >= 0.3 is 0 Å². The average molecular weight is 296 g/mol. The van der Waals surface area contributed by atoms with Gasteiger partial charge in [-0.05, 0) is 55.0 Å². The van der Waals surface area contributed by atoms with Crippen LogP contribution in [0, 0.1) is 5.92 Å².